The Balaban J connectivity index is 1.79. The lowest BCUT2D eigenvalue weighted by molar-refractivity contribution is 0.194. The van der Waals surface area contributed by atoms with E-state index in [1.807, 2.05) is 0 Å². The lowest BCUT2D eigenvalue weighted by Gasteiger charge is -2.31. The monoisotopic (exact) mass is 280 g/mol. The number of allylic oxidation sites excluding steroid dienone is 1. The van der Waals surface area contributed by atoms with Gasteiger partial charge in [0.1, 0.15) is 0 Å². The fraction of sp³-hybridized carbons (Fsp3) is 0.812. The number of hydrogen-bond acceptors (Lipinski definition) is 2. The first kappa shape index (κ1) is 15.4. The van der Waals surface area contributed by atoms with E-state index >= 15 is 0 Å². The molecule has 2 aliphatic rings. The van der Waals surface area contributed by atoms with Crippen molar-refractivity contribution in [3.8, 4) is 0 Å². The highest BCUT2D eigenvalue weighted by atomic mass is 16.3. The molecule has 2 amide bonds. The van der Waals surface area contributed by atoms with E-state index in [1.165, 1.54) is 32.1 Å². The van der Waals surface area contributed by atoms with Crippen LogP contribution in [0.5, 0.6) is 0 Å². The molecule has 0 spiro atoms. The van der Waals surface area contributed by atoms with Crippen LogP contribution in [0.1, 0.15) is 57.8 Å². The van der Waals surface area contributed by atoms with Crippen LogP contribution in [0.25, 0.3) is 0 Å². The number of aliphatic hydroxyl groups excluding tert-OH is 1. The Morgan fingerprint density at radius 3 is 2.65 bits per heavy atom. The number of amides is 2. The zero-order chi connectivity index (χ0) is 14.2. The summed E-state index contributed by atoms with van der Waals surface area (Å²) >= 11 is 0. The molecule has 2 rings (SSSR count). The first-order valence-corrected chi connectivity index (χ1v) is 8.12. The summed E-state index contributed by atoms with van der Waals surface area (Å²) in [7, 11) is 0. The molecule has 0 aliphatic heterocycles. The van der Waals surface area contributed by atoms with Crippen molar-refractivity contribution in [1.82, 2.24) is 10.6 Å². The minimum atomic E-state index is -0.0608. The predicted molar refractivity (Wildman–Crippen MR) is 80.5 cm³/mol. The van der Waals surface area contributed by atoms with Crippen LogP contribution in [0.3, 0.4) is 0 Å². The van der Waals surface area contributed by atoms with Crippen LogP contribution < -0.4 is 10.6 Å². The molecule has 0 aromatic carbocycles. The van der Waals surface area contributed by atoms with Crippen molar-refractivity contribution in [2.45, 2.75) is 69.9 Å². The summed E-state index contributed by atoms with van der Waals surface area (Å²) in [5, 5.41) is 15.4. The lowest BCUT2D eigenvalue weighted by Crippen LogP contribution is -2.49. The van der Waals surface area contributed by atoms with Gasteiger partial charge in [-0.2, -0.15) is 0 Å². The Labute approximate surface area is 122 Å². The van der Waals surface area contributed by atoms with Gasteiger partial charge in [-0.15, -0.1) is 0 Å². The molecule has 0 aromatic heterocycles. The Morgan fingerprint density at radius 1 is 1.20 bits per heavy atom. The molecule has 0 bridgehead atoms. The average molecular weight is 280 g/mol. The summed E-state index contributed by atoms with van der Waals surface area (Å²) in [6.45, 7) is 0.146. The van der Waals surface area contributed by atoms with Crippen molar-refractivity contribution in [2.75, 3.05) is 6.61 Å². The maximum Gasteiger partial charge on any atom is 0.315 e. The highest BCUT2D eigenvalue weighted by Crippen LogP contribution is 2.27. The quantitative estimate of drug-likeness (QED) is 0.678. The standard InChI is InChI=1S/C16H28N2O2/c19-12-11-15(13-7-3-1-4-8-13)18-16(20)17-14-9-5-2-6-10-14/h2,5,13-15,19H,1,3-4,6-12H2,(H2,17,18,20). The van der Waals surface area contributed by atoms with E-state index in [2.05, 4.69) is 22.8 Å². The third-order valence-electron chi connectivity index (χ3n) is 4.58. The third-order valence-corrected chi connectivity index (χ3v) is 4.58. The second kappa shape index (κ2) is 8.30. The number of carbonyl (C=O) groups excluding carboxylic acids is 1. The Bertz CT molecular complexity index is 324. The molecule has 20 heavy (non-hydrogen) atoms. The summed E-state index contributed by atoms with van der Waals surface area (Å²) in [5.74, 6) is 0.535. The van der Waals surface area contributed by atoms with E-state index in [-0.39, 0.29) is 24.7 Å². The second-order valence-corrected chi connectivity index (χ2v) is 6.12. The molecule has 0 heterocycles. The summed E-state index contributed by atoms with van der Waals surface area (Å²) in [5.41, 5.74) is 0. The molecule has 1 saturated carbocycles. The number of carbonyl (C=O) groups is 1. The first-order valence-electron chi connectivity index (χ1n) is 8.12. The summed E-state index contributed by atoms with van der Waals surface area (Å²) in [6, 6.07) is 0.329. The van der Waals surface area contributed by atoms with Gasteiger partial charge in [0.05, 0.1) is 0 Å². The molecule has 2 aliphatic carbocycles. The van der Waals surface area contributed by atoms with Crippen LogP contribution in [0, 0.1) is 5.92 Å². The van der Waals surface area contributed by atoms with Crippen molar-refractivity contribution in [1.29, 1.82) is 0 Å². The van der Waals surface area contributed by atoms with E-state index in [4.69, 9.17) is 0 Å². The normalized spacial score (nSPS) is 25.1. The van der Waals surface area contributed by atoms with Crippen LogP contribution in [-0.4, -0.2) is 29.8 Å². The molecule has 0 saturated heterocycles. The topological polar surface area (TPSA) is 61.4 Å². The molecule has 3 N–H and O–H groups in total. The van der Waals surface area contributed by atoms with Gasteiger partial charge in [0.15, 0.2) is 0 Å². The van der Waals surface area contributed by atoms with Crippen LogP contribution in [0.4, 0.5) is 4.79 Å². The highest BCUT2D eigenvalue weighted by molar-refractivity contribution is 5.74. The van der Waals surface area contributed by atoms with Gasteiger partial charge in [0.2, 0.25) is 0 Å². The number of rotatable bonds is 5. The Hall–Kier alpha value is -1.03. The minimum Gasteiger partial charge on any atom is -0.396 e. The average Bonchev–Trinajstić information content (AvgIpc) is 2.49. The largest absolute Gasteiger partial charge is 0.396 e. The second-order valence-electron chi connectivity index (χ2n) is 6.12. The summed E-state index contributed by atoms with van der Waals surface area (Å²) in [4.78, 5) is 12.1. The van der Waals surface area contributed by atoms with Gasteiger partial charge in [0.25, 0.3) is 0 Å². The van der Waals surface area contributed by atoms with Crippen molar-refractivity contribution in [2.24, 2.45) is 5.92 Å². The number of nitrogens with one attached hydrogen (secondary N) is 2. The molecule has 2 atom stereocenters. The van der Waals surface area contributed by atoms with Crippen molar-refractivity contribution in [3.63, 3.8) is 0 Å². The molecule has 4 heteroatoms. The van der Waals surface area contributed by atoms with E-state index in [9.17, 15) is 9.90 Å². The van der Waals surface area contributed by atoms with Gasteiger partial charge < -0.3 is 15.7 Å². The number of hydrogen-bond donors (Lipinski definition) is 3. The fourth-order valence-electron chi connectivity index (χ4n) is 3.42. The van der Waals surface area contributed by atoms with Gasteiger partial charge >= 0.3 is 6.03 Å². The third kappa shape index (κ3) is 4.82. The molecule has 2 unspecified atom stereocenters. The first-order chi connectivity index (χ1) is 9.79. The molecule has 0 radical (unpaired) electrons. The molecule has 4 nitrogen and oxygen atoms in total. The van der Waals surface area contributed by atoms with Gasteiger partial charge in [-0.25, -0.2) is 4.79 Å². The van der Waals surface area contributed by atoms with Gasteiger partial charge in [-0.1, -0.05) is 31.4 Å². The Kier molecular flexibility index (Phi) is 6.37. The predicted octanol–water partition coefficient (Wildman–Crippen LogP) is 2.73. The Morgan fingerprint density at radius 2 is 2.00 bits per heavy atom. The van der Waals surface area contributed by atoms with Crippen molar-refractivity contribution in [3.05, 3.63) is 12.2 Å². The maximum atomic E-state index is 12.1. The summed E-state index contributed by atoms with van der Waals surface area (Å²) in [6.07, 6.45) is 14.2. The number of urea groups is 1. The van der Waals surface area contributed by atoms with E-state index in [0.29, 0.717) is 12.3 Å². The molecule has 1 fully saturated rings. The maximum absolute atomic E-state index is 12.1. The van der Waals surface area contributed by atoms with Gasteiger partial charge in [0, 0.05) is 18.7 Å². The molecular weight excluding hydrogens is 252 g/mol. The lowest BCUT2D eigenvalue weighted by atomic mass is 9.83. The van der Waals surface area contributed by atoms with E-state index in [0.717, 1.165) is 19.3 Å². The van der Waals surface area contributed by atoms with Crippen LogP contribution in [-0.2, 0) is 0 Å². The zero-order valence-electron chi connectivity index (χ0n) is 12.3. The van der Waals surface area contributed by atoms with Gasteiger partial charge in [-0.05, 0) is 44.4 Å². The van der Waals surface area contributed by atoms with Crippen molar-refractivity contribution < 1.29 is 9.90 Å². The minimum absolute atomic E-state index is 0.0608. The van der Waals surface area contributed by atoms with Crippen molar-refractivity contribution >= 4 is 6.03 Å². The van der Waals surface area contributed by atoms with E-state index < -0.39 is 0 Å². The van der Waals surface area contributed by atoms with Crippen LogP contribution in [0.2, 0.25) is 0 Å². The van der Waals surface area contributed by atoms with Crippen LogP contribution in [0.15, 0.2) is 12.2 Å². The highest BCUT2D eigenvalue weighted by Gasteiger charge is 2.25. The fourth-order valence-corrected chi connectivity index (χ4v) is 3.42. The smallest absolute Gasteiger partial charge is 0.315 e. The SMILES string of the molecule is O=C(NC1CC=CCC1)NC(CCO)C1CCCCC1. The zero-order valence-corrected chi connectivity index (χ0v) is 12.3. The van der Waals surface area contributed by atoms with Crippen LogP contribution >= 0.6 is 0 Å². The van der Waals surface area contributed by atoms with Gasteiger partial charge in [-0.3, -0.25) is 0 Å². The molecule has 114 valence electrons. The number of aliphatic hydroxyl groups is 1. The molecule has 0 aromatic rings. The molecular formula is C16H28N2O2. The van der Waals surface area contributed by atoms with E-state index in [1.54, 1.807) is 0 Å². The summed E-state index contributed by atoms with van der Waals surface area (Å²) < 4.78 is 0.